The van der Waals surface area contributed by atoms with Crippen LogP contribution in [0.1, 0.15) is 45.5 Å². The second kappa shape index (κ2) is 9.49. The normalized spacial score (nSPS) is 15.1. The summed E-state index contributed by atoms with van der Waals surface area (Å²) >= 11 is 0. The number of rotatable bonds is 5. The van der Waals surface area contributed by atoms with Crippen molar-refractivity contribution in [1.29, 1.82) is 0 Å². The molecule has 1 aliphatic rings. The molecule has 0 saturated carbocycles. The lowest BCUT2D eigenvalue weighted by molar-refractivity contribution is 0.0958. The van der Waals surface area contributed by atoms with Crippen LogP contribution in [0.3, 0.4) is 0 Å². The molecule has 0 aromatic heterocycles. The highest BCUT2D eigenvalue weighted by atomic mass is 16.2. The van der Waals surface area contributed by atoms with E-state index in [1.807, 2.05) is 41.3 Å². The molecule has 1 amide bonds. The van der Waals surface area contributed by atoms with Crippen molar-refractivity contribution in [3.63, 3.8) is 0 Å². The van der Waals surface area contributed by atoms with Gasteiger partial charge < -0.3 is 4.90 Å². The summed E-state index contributed by atoms with van der Waals surface area (Å²) in [6.07, 6.45) is 1.97. The van der Waals surface area contributed by atoms with Crippen LogP contribution in [-0.4, -0.2) is 29.9 Å². The zero-order valence-electron chi connectivity index (χ0n) is 18.8. The maximum Gasteiger partial charge on any atom is 0.258 e. The van der Waals surface area contributed by atoms with Gasteiger partial charge in [0, 0.05) is 36.9 Å². The number of hydrogen-bond donors (Lipinski definition) is 0. The van der Waals surface area contributed by atoms with Crippen LogP contribution >= 0.6 is 0 Å². The van der Waals surface area contributed by atoms with Gasteiger partial charge in [0.05, 0.1) is 0 Å². The summed E-state index contributed by atoms with van der Waals surface area (Å²) in [6, 6.07) is 25.0. The zero-order valence-corrected chi connectivity index (χ0v) is 18.8. The summed E-state index contributed by atoms with van der Waals surface area (Å²) in [5.41, 5.74) is 7.00. The Balaban J connectivity index is 1.50. The summed E-state index contributed by atoms with van der Waals surface area (Å²) in [5.74, 6) is 0.0961. The minimum atomic E-state index is 0.0961. The molecule has 0 N–H and O–H groups in total. The molecule has 0 atom stereocenters. The van der Waals surface area contributed by atoms with Gasteiger partial charge in [0.15, 0.2) is 0 Å². The number of aryl methyl sites for hydroxylation is 3. The number of likely N-dealkylation sites (tertiary alicyclic amines) is 1. The maximum absolute atomic E-state index is 13.5. The first-order valence-corrected chi connectivity index (χ1v) is 11.2. The van der Waals surface area contributed by atoms with Crippen molar-refractivity contribution >= 4 is 11.6 Å². The predicted molar refractivity (Wildman–Crippen MR) is 129 cm³/mol. The van der Waals surface area contributed by atoms with Crippen LogP contribution in [0.2, 0.25) is 0 Å². The number of hydrogen-bond acceptors (Lipinski definition) is 2. The third kappa shape index (κ3) is 5.05. The van der Waals surface area contributed by atoms with Crippen LogP contribution in [0.15, 0.2) is 72.8 Å². The van der Waals surface area contributed by atoms with E-state index in [1.54, 1.807) is 0 Å². The minimum absolute atomic E-state index is 0.0961. The fraction of sp³-hybridized carbons (Fsp3) is 0.321. The molecule has 3 heteroatoms. The fourth-order valence-electron chi connectivity index (χ4n) is 4.49. The van der Waals surface area contributed by atoms with E-state index in [-0.39, 0.29) is 11.9 Å². The number of benzene rings is 3. The topological polar surface area (TPSA) is 23.6 Å². The highest BCUT2D eigenvalue weighted by Gasteiger charge is 2.30. The van der Waals surface area contributed by atoms with Crippen molar-refractivity contribution < 1.29 is 4.79 Å². The Morgan fingerprint density at radius 2 is 1.61 bits per heavy atom. The van der Waals surface area contributed by atoms with Crippen molar-refractivity contribution in [1.82, 2.24) is 4.90 Å². The van der Waals surface area contributed by atoms with Crippen molar-refractivity contribution in [2.75, 3.05) is 18.0 Å². The monoisotopic (exact) mass is 412 g/mol. The molecule has 1 heterocycles. The Labute approximate surface area is 186 Å². The number of piperidine rings is 1. The first-order chi connectivity index (χ1) is 15.0. The Kier molecular flexibility index (Phi) is 6.53. The smallest absolute Gasteiger partial charge is 0.258 e. The number of amides is 1. The van der Waals surface area contributed by atoms with E-state index in [2.05, 4.69) is 62.1 Å². The zero-order chi connectivity index (χ0) is 21.8. The molecule has 0 bridgehead atoms. The van der Waals surface area contributed by atoms with Gasteiger partial charge in [-0.1, -0.05) is 48.5 Å². The fourth-order valence-corrected chi connectivity index (χ4v) is 4.49. The van der Waals surface area contributed by atoms with Crippen LogP contribution < -0.4 is 4.90 Å². The highest BCUT2D eigenvalue weighted by molar-refractivity contribution is 6.06. The average Bonchev–Trinajstić information content (AvgIpc) is 2.78. The van der Waals surface area contributed by atoms with Crippen LogP contribution in [0.25, 0.3) is 0 Å². The number of carbonyl (C=O) groups is 1. The molecular weight excluding hydrogens is 380 g/mol. The second-order valence-corrected chi connectivity index (χ2v) is 8.81. The number of nitrogens with zero attached hydrogens (tertiary/aromatic N) is 2. The van der Waals surface area contributed by atoms with Crippen molar-refractivity contribution in [2.24, 2.45) is 0 Å². The lowest BCUT2D eigenvalue weighted by Crippen LogP contribution is -2.47. The van der Waals surface area contributed by atoms with Crippen LogP contribution in [0, 0.1) is 20.8 Å². The summed E-state index contributed by atoms with van der Waals surface area (Å²) < 4.78 is 0. The van der Waals surface area contributed by atoms with Gasteiger partial charge in [-0.3, -0.25) is 9.69 Å². The molecule has 0 unspecified atom stereocenters. The standard InChI is InChI=1S/C28H32N2O/c1-21-8-7-11-27(18-21)30(28(31)25-9-5-4-6-10-25)26-14-16-29(17-15-26)20-24-13-12-22(2)23(3)19-24/h4-13,18-19,26H,14-17,20H2,1-3H3. The average molecular weight is 413 g/mol. The first-order valence-electron chi connectivity index (χ1n) is 11.2. The van der Waals surface area contributed by atoms with Gasteiger partial charge >= 0.3 is 0 Å². The van der Waals surface area contributed by atoms with Gasteiger partial charge in [-0.15, -0.1) is 0 Å². The second-order valence-electron chi connectivity index (χ2n) is 8.81. The van der Waals surface area contributed by atoms with E-state index >= 15 is 0 Å². The molecule has 4 rings (SSSR count). The summed E-state index contributed by atoms with van der Waals surface area (Å²) in [6.45, 7) is 9.41. The van der Waals surface area contributed by atoms with Crippen LogP contribution in [-0.2, 0) is 6.54 Å². The van der Waals surface area contributed by atoms with E-state index in [0.717, 1.165) is 43.7 Å². The quantitative estimate of drug-likeness (QED) is 0.519. The van der Waals surface area contributed by atoms with E-state index in [1.165, 1.54) is 22.3 Å². The van der Waals surface area contributed by atoms with Gasteiger partial charge in [0.25, 0.3) is 5.91 Å². The summed E-state index contributed by atoms with van der Waals surface area (Å²) in [5, 5.41) is 0. The molecule has 1 saturated heterocycles. The molecule has 31 heavy (non-hydrogen) atoms. The molecule has 1 fully saturated rings. The maximum atomic E-state index is 13.5. The molecular formula is C28H32N2O. The highest BCUT2D eigenvalue weighted by Crippen LogP contribution is 2.27. The van der Waals surface area contributed by atoms with Gasteiger partial charge in [-0.2, -0.15) is 0 Å². The van der Waals surface area contributed by atoms with Gasteiger partial charge in [-0.25, -0.2) is 0 Å². The van der Waals surface area contributed by atoms with Crippen molar-refractivity contribution in [3.8, 4) is 0 Å². The molecule has 160 valence electrons. The Bertz CT molecular complexity index is 1040. The Morgan fingerprint density at radius 3 is 2.29 bits per heavy atom. The van der Waals surface area contributed by atoms with E-state index in [9.17, 15) is 4.79 Å². The lowest BCUT2D eigenvalue weighted by Gasteiger charge is -2.39. The van der Waals surface area contributed by atoms with Crippen molar-refractivity contribution in [3.05, 3.63) is 101 Å². The Hall–Kier alpha value is -2.91. The van der Waals surface area contributed by atoms with E-state index < -0.39 is 0 Å². The largest absolute Gasteiger partial charge is 0.305 e. The molecule has 0 radical (unpaired) electrons. The molecule has 3 aromatic rings. The van der Waals surface area contributed by atoms with E-state index in [4.69, 9.17) is 0 Å². The minimum Gasteiger partial charge on any atom is -0.305 e. The van der Waals surface area contributed by atoms with Crippen molar-refractivity contribution in [2.45, 2.75) is 46.2 Å². The van der Waals surface area contributed by atoms with Gasteiger partial charge in [0.1, 0.15) is 0 Å². The van der Waals surface area contributed by atoms with Crippen LogP contribution in [0.5, 0.6) is 0 Å². The molecule has 1 aliphatic heterocycles. The third-order valence-corrected chi connectivity index (χ3v) is 6.42. The number of carbonyl (C=O) groups excluding carboxylic acids is 1. The molecule has 3 aromatic carbocycles. The molecule has 3 nitrogen and oxygen atoms in total. The number of anilines is 1. The Morgan fingerprint density at radius 1 is 0.871 bits per heavy atom. The predicted octanol–water partition coefficient (Wildman–Crippen LogP) is 5.92. The summed E-state index contributed by atoms with van der Waals surface area (Å²) in [4.78, 5) is 18.1. The lowest BCUT2D eigenvalue weighted by atomic mass is 9.99. The molecule has 0 spiro atoms. The van der Waals surface area contributed by atoms with Gasteiger partial charge in [0.2, 0.25) is 0 Å². The van der Waals surface area contributed by atoms with Crippen LogP contribution in [0.4, 0.5) is 5.69 Å². The molecule has 0 aliphatic carbocycles. The third-order valence-electron chi connectivity index (χ3n) is 6.42. The van der Waals surface area contributed by atoms with E-state index in [0.29, 0.717) is 0 Å². The first kappa shape index (κ1) is 21.3. The SMILES string of the molecule is Cc1cccc(N(C(=O)c2ccccc2)C2CCN(Cc3ccc(C)c(C)c3)CC2)c1. The summed E-state index contributed by atoms with van der Waals surface area (Å²) in [7, 11) is 0. The van der Waals surface area contributed by atoms with Gasteiger partial charge in [-0.05, 0) is 80.1 Å².